The Morgan fingerprint density at radius 3 is 2.26 bits per heavy atom. The maximum absolute atomic E-state index is 12.3. The van der Waals surface area contributed by atoms with E-state index in [-0.39, 0.29) is 0 Å². The van der Waals surface area contributed by atoms with Gasteiger partial charge in [0.1, 0.15) is 11.7 Å². The average Bonchev–Trinajstić information content (AvgIpc) is 2.84. The zero-order valence-corrected chi connectivity index (χ0v) is 12.5. The number of hydrogen-bond acceptors (Lipinski definition) is 4. The van der Waals surface area contributed by atoms with Gasteiger partial charge >= 0.3 is 0 Å². The number of carbonyl (C=O) groups excluding carboxylic acids is 3. The smallest absolute Gasteiger partial charge is 0.182 e. The molecule has 0 saturated carbocycles. The number of rotatable bonds is 4. The van der Waals surface area contributed by atoms with Gasteiger partial charge in [-0.3, -0.25) is 14.4 Å². The molecule has 0 amide bonds. The van der Waals surface area contributed by atoms with E-state index in [0.717, 1.165) is 5.56 Å². The van der Waals surface area contributed by atoms with Crippen LogP contribution in [-0.4, -0.2) is 24.5 Å². The van der Waals surface area contributed by atoms with Crippen LogP contribution in [0.15, 0.2) is 54.6 Å². The van der Waals surface area contributed by atoms with Crippen LogP contribution in [0.1, 0.15) is 26.3 Å². The molecule has 1 aliphatic carbocycles. The number of fused-ring (bicyclic) bond motifs is 1. The highest BCUT2D eigenvalue weighted by atomic mass is 16.5. The Labute approximate surface area is 133 Å². The van der Waals surface area contributed by atoms with Crippen molar-refractivity contribution in [1.29, 1.82) is 0 Å². The summed E-state index contributed by atoms with van der Waals surface area (Å²) in [7, 11) is 1.56. The Morgan fingerprint density at radius 1 is 1.00 bits per heavy atom. The van der Waals surface area contributed by atoms with Crippen LogP contribution in [0.2, 0.25) is 0 Å². The summed E-state index contributed by atoms with van der Waals surface area (Å²) in [4.78, 5) is 36.8. The van der Waals surface area contributed by atoms with E-state index in [1.807, 2.05) is 0 Å². The number of allylic oxidation sites excluding steroid dienone is 1. The quantitative estimate of drug-likeness (QED) is 0.643. The van der Waals surface area contributed by atoms with Crippen LogP contribution < -0.4 is 4.74 Å². The Bertz CT molecular complexity index is 798. The molecule has 1 aliphatic rings. The molecule has 114 valence electrons. The molecule has 0 saturated heterocycles. The first-order chi connectivity index (χ1) is 11.1. The molecule has 4 nitrogen and oxygen atoms in total. The highest BCUT2D eigenvalue weighted by Gasteiger charge is 2.41. The SMILES string of the molecule is COc1cccc(C=CC(=O)C2C(=O)c3ccccc3C2=O)c1. The molecule has 0 fully saturated rings. The zero-order valence-electron chi connectivity index (χ0n) is 12.5. The number of ketones is 3. The maximum Gasteiger partial charge on any atom is 0.182 e. The molecule has 23 heavy (non-hydrogen) atoms. The van der Waals surface area contributed by atoms with Gasteiger partial charge in [-0.15, -0.1) is 0 Å². The summed E-state index contributed by atoms with van der Waals surface area (Å²) in [5.74, 6) is -1.94. The van der Waals surface area contributed by atoms with Crippen molar-refractivity contribution in [3.05, 3.63) is 71.3 Å². The molecule has 0 aliphatic heterocycles. The standard InChI is InChI=1S/C19H14O4/c1-23-13-6-4-5-12(11-13)9-10-16(20)17-18(21)14-7-2-3-8-15(14)19(17)22/h2-11,17H,1H3. The molecule has 0 atom stereocenters. The number of ether oxygens (including phenoxy) is 1. The van der Waals surface area contributed by atoms with Gasteiger partial charge in [-0.2, -0.15) is 0 Å². The van der Waals surface area contributed by atoms with Crippen molar-refractivity contribution in [1.82, 2.24) is 0 Å². The van der Waals surface area contributed by atoms with Crippen molar-refractivity contribution in [2.75, 3.05) is 7.11 Å². The highest BCUT2D eigenvalue weighted by molar-refractivity contribution is 6.37. The van der Waals surface area contributed by atoms with Gasteiger partial charge in [0.05, 0.1) is 7.11 Å². The summed E-state index contributed by atoms with van der Waals surface area (Å²) in [6.07, 6.45) is 2.86. The molecule has 2 aromatic carbocycles. The Morgan fingerprint density at radius 2 is 1.65 bits per heavy atom. The zero-order chi connectivity index (χ0) is 16.4. The highest BCUT2D eigenvalue weighted by Crippen LogP contribution is 2.27. The van der Waals surface area contributed by atoms with Gasteiger partial charge in [-0.1, -0.05) is 42.5 Å². The first-order valence-corrected chi connectivity index (χ1v) is 7.15. The van der Waals surface area contributed by atoms with E-state index < -0.39 is 23.3 Å². The minimum atomic E-state index is -1.26. The van der Waals surface area contributed by atoms with Crippen molar-refractivity contribution in [3.8, 4) is 5.75 Å². The predicted octanol–water partition coefficient (Wildman–Crippen LogP) is 2.97. The van der Waals surface area contributed by atoms with E-state index in [2.05, 4.69) is 0 Å². The fourth-order valence-corrected chi connectivity index (χ4v) is 2.62. The summed E-state index contributed by atoms with van der Waals surface area (Å²) in [6.45, 7) is 0. The predicted molar refractivity (Wildman–Crippen MR) is 85.6 cm³/mol. The Balaban J connectivity index is 1.83. The fourth-order valence-electron chi connectivity index (χ4n) is 2.62. The first kappa shape index (κ1) is 14.9. The number of methoxy groups -OCH3 is 1. The minimum Gasteiger partial charge on any atom is -0.497 e. The van der Waals surface area contributed by atoms with Crippen LogP contribution in [-0.2, 0) is 4.79 Å². The normalized spacial score (nSPS) is 14.3. The maximum atomic E-state index is 12.3. The Hall–Kier alpha value is -3.01. The number of benzene rings is 2. The van der Waals surface area contributed by atoms with Crippen molar-refractivity contribution >= 4 is 23.4 Å². The summed E-state index contributed by atoms with van der Waals surface area (Å²) in [5.41, 5.74) is 1.41. The molecule has 0 spiro atoms. The van der Waals surface area contributed by atoms with Gasteiger partial charge in [0.25, 0.3) is 0 Å². The van der Waals surface area contributed by atoms with Gasteiger partial charge in [0.2, 0.25) is 0 Å². The second kappa shape index (κ2) is 6.01. The second-order valence-corrected chi connectivity index (χ2v) is 5.22. The van der Waals surface area contributed by atoms with Gasteiger partial charge in [0, 0.05) is 11.1 Å². The molecule has 0 aromatic heterocycles. The lowest BCUT2D eigenvalue weighted by atomic mass is 9.97. The van der Waals surface area contributed by atoms with Crippen LogP contribution in [0.25, 0.3) is 6.08 Å². The molecular formula is C19H14O4. The first-order valence-electron chi connectivity index (χ1n) is 7.15. The molecule has 0 radical (unpaired) electrons. The van der Waals surface area contributed by atoms with Crippen molar-refractivity contribution in [2.24, 2.45) is 5.92 Å². The van der Waals surface area contributed by atoms with Crippen molar-refractivity contribution in [3.63, 3.8) is 0 Å². The summed E-state index contributed by atoms with van der Waals surface area (Å²) < 4.78 is 5.11. The van der Waals surface area contributed by atoms with Crippen molar-refractivity contribution in [2.45, 2.75) is 0 Å². The minimum absolute atomic E-state index is 0.325. The van der Waals surface area contributed by atoms with E-state index in [9.17, 15) is 14.4 Å². The van der Waals surface area contributed by atoms with Crippen LogP contribution in [0, 0.1) is 5.92 Å². The van der Waals surface area contributed by atoms with Crippen LogP contribution in [0.3, 0.4) is 0 Å². The molecule has 4 heteroatoms. The number of hydrogen-bond donors (Lipinski definition) is 0. The van der Waals surface area contributed by atoms with E-state index in [1.165, 1.54) is 6.08 Å². The molecule has 0 bridgehead atoms. The van der Waals surface area contributed by atoms with E-state index in [0.29, 0.717) is 16.9 Å². The molecule has 0 heterocycles. The molecule has 3 rings (SSSR count). The molecule has 0 N–H and O–H groups in total. The van der Waals surface area contributed by atoms with Crippen LogP contribution in [0.5, 0.6) is 5.75 Å². The largest absolute Gasteiger partial charge is 0.497 e. The summed E-state index contributed by atoms with van der Waals surface area (Å²) in [6, 6.07) is 13.7. The lowest BCUT2D eigenvalue weighted by Gasteiger charge is -2.02. The lowest BCUT2D eigenvalue weighted by Crippen LogP contribution is -2.23. The Kier molecular flexibility index (Phi) is 3.89. The third-order valence-electron chi connectivity index (χ3n) is 3.80. The van der Waals surface area contributed by atoms with E-state index in [4.69, 9.17) is 4.74 Å². The number of carbonyl (C=O) groups is 3. The molecule has 2 aromatic rings. The van der Waals surface area contributed by atoms with Crippen LogP contribution >= 0.6 is 0 Å². The fraction of sp³-hybridized carbons (Fsp3) is 0.105. The second-order valence-electron chi connectivity index (χ2n) is 5.22. The van der Waals surface area contributed by atoms with Gasteiger partial charge in [-0.25, -0.2) is 0 Å². The van der Waals surface area contributed by atoms with Gasteiger partial charge in [0.15, 0.2) is 17.3 Å². The third kappa shape index (κ3) is 2.71. The third-order valence-corrected chi connectivity index (χ3v) is 3.80. The van der Waals surface area contributed by atoms with Gasteiger partial charge in [-0.05, 0) is 23.8 Å². The van der Waals surface area contributed by atoms with E-state index >= 15 is 0 Å². The van der Waals surface area contributed by atoms with E-state index in [1.54, 1.807) is 61.7 Å². The summed E-state index contributed by atoms with van der Waals surface area (Å²) >= 11 is 0. The van der Waals surface area contributed by atoms with Crippen LogP contribution in [0.4, 0.5) is 0 Å². The summed E-state index contributed by atoms with van der Waals surface area (Å²) in [5, 5.41) is 0. The van der Waals surface area contributed by atoms with Gasteiger partial charge < -0.3 is 4.74 Å². The average molecular weight is 306 g/mol. The monoisotopic (exact) mass is 306 g/mol. The lowest BCUT2D eigenvalue weighted by molar-refractivity contribution is -0.115. The topological polar surface area (TPSA) is 60.4 Å². The number of Topliss-reactive ketones (excluding diaryl/α,β-unsaturated/α-hetero) is 2. The molecular weight excluding hydrogens is 292 g/mol. The molecule has 0 unspecified atom stereocenters. The van der Waals surface area contributed by atoms with Crippen molar-refractivity contribution < 1.29 is 19.1 Å².